The van der Waals surface area contributed by atoms with E-state index in [1.165, 1.54) is 25.7 Å². The zero-order valence-electron chi connectivity index (χ0n) is 12.4. The van der Waals surface area contributed by atoms with Gasteiger partial charge < -0.3 is 10.6 Å². The van der Waals surface area contributed by atoms with Gasteiger partial charge in [0, 0.05) is 24.7 Å². The number of sulfone groups is 1. The lowest BCUT2D eigenvalue weighted by Gasteiger charge is -2.25. The third-order valence-electron chi connectivity index (χ3n) is 4.62. The molecule has 0 aromatic carbocycles. The maximum Gasteiger partial charge on any atom is 0.234 e. The van der Waals surface area contributed by atoms with Crippen molar-refractivity contribution in [2.24, 2.45) is 0 Å². The van der Waals surface area contributed by atoms with E-state index in [0.29, 0.717) is 25.0 Å². The number of hydrogen-bond acceptors (Lipinski definition) is 5. The van der Waals surface area contributed by atoms with Gasteiger partial charge in [0.15, 0.2) is 9.84 Å². The molecule has 2 atom stereocenters. The van der Waals surface area contributed by atoms with E-state index in [1.807, 2.05) is 0 Å². The highest BCUT2D eigenvalue weighted by molar-refractivity contribution is 7.91. The second-order valence-electron chi connectivity index (χ2n) is 6.62. The molecule has 0 radical (unpaired) electrons. The smallest absolute Gasteiger partial charge is 0.234 e. The highest BCUT2D eigenvalue weighted by Crippen LogP contribution is 2.27. The molecule has 3 rings (SSSR count). The van der Waals surface area contributed by atoms with Crippen molar-refractivity contribution in [3.63, 3.8) is 0 Å². The molecule has 0 aromatic rings. The first-order valence-electron chi connectivity index (χ1n) is 7.99. The van der Waals surface area contributed by atoms with Gasteiger partial charge in [-0.05, 0) is 38.6 Å². The minimum Gasteiger partial charge on any atom is -0.351 e. The van der Waals surface area contributed by atoms with Crippen molar-refractivity contribution in [1.29, 1.82) is 0 Å². The maximum atomic E-state index is 12.2. The van der Waals surface area contributed by atoms with Gasteiger partial charge in [-0.25, -0.2) is 8.42 Å². The zero-order valence-corrected chi connectivity index (χ0v) is 13.2. The number of amides is 1. The van der Waals surface area contributed by atoms with Gasteiger partial charge >= 0.3 is 0 Å². The summed E-state index contributed by atoms with van der Waals surface area (Å²) in [7, 11) is -2.93. The molecular formula is C14H25N3O3S. The van der Waals surface area contributed by atoms with E-state index in [2.05, 4.69) is 15.5 Å². The summed E-state index contributed by atoms with van der Waals surface area (Å²) < 4.78 is 22.8. The van der Waals surface area contributed by atoms with Crippen LogP contribution < -0.4 is 10.6 Å². The summed E-state index contributed by atoms with van der Waals surface area (Å²) in [6.45, 7) is 2.41. The van der Waals surface area contributed by atoms with Crippen molar-refractivity contribution in [3.8, 4) is 0 Å². The Morgan fingerprint density at radius 1 is 1.24 bits per heavy atom. The SMILES string of the molecule is O=C(CN(CC1CCCN1)C1CC1)NC1CCS(=O)(=O)C1. The highest BCUT2D eigenvalue weighted by atomic mass is 32.2. The molecule has 2 saturated heterocycles. The lowest BCUT2D eigenvalue weighted by Crippen LogP contribution is -2.46. The Hall–Kier alpha value is -0.660. The molecule has 0 aromatic heterocycles. The van der Waals surface area contributed by atoms with Gasteiger partial charge in [0.25, 0.3) is 0 Å². The van der Waals surface area contributed by atoms with Gasteiger partial charge in [-0.2, -0.15) is 0 Å². The minimum atomic E-state index is -2.93. The van der Waals surface area contributed by atoms with Crippen LogP contribution in [-0.4, -0.2) is 68.5 Å². The van der Waals surface area contributed by atoms with Crippen molar-refractivity contribution in [3.05, 3.63) is 0 Å². The first-order chi connectivity index (χ1) is 10.0. The van der Waals surface area contributed by atoms with Gasteiger partial charge in [-0.3, -0.25) is 9.69 Å². The maximum absolute atomic E-state index is 12.2. The number of hydrogen-bond donors (Lipinski definition) is 2. The summed E-state index contributed by atoms with van der Waals surface area (Å²) in [5.41, 5.74) is 0. The number of carbonyl (C=O) groups excluding carboxylic acids is 1. The van der Waals surface area contributed by atoms with Crippen LogP contribution in [-0.2, 0) is 14.6 Å². The monoisotopic (exact) mass is 315 g/mol. The Balaban J connectivity index is 1.47. The Labute approximate surface area is 126 Å². The Kier molecular flexibility index (Phi) is 4.51. The van der Waals surface area contributed by atoms with Gasteiger partial charge in [0.1, 0.15) is 0 Å². The van der Waals surface area contributed by atoms with E-state index >= 15 is 0 Å². The van der Waals surface area contributed by atoms with Crippen LogP contribution in [0.3, 0.4) is 0 Å². The summed E-state index contributed by atoms with van der Waals surface area (Å²) >= 11 is 0. The normalized spacial score (nSPS) is 31.7. The fourth-order valence-corrected chi connectivity index (χ4v) is 5.02. The van der Waals surface area contributed by atoms with Crippen molar-refractivity contribution in [1.82, 2.24) is 15.5 Å². The molecule has 120 valence electrons. The number of nitrogens with zero attached hydrogens (tertiary/aromatic N) is 1. The molecule has 1 aliphatic carbocycles. The van der Waals surface area contributed by atoms with E-state index < -0.39 is 9.84 Å². The average Bonchev–Trinajstić information content (AvgIpc) is 3.03. The molecule has 2 unspecified atom stereocenters. The fraction of sp³-hybridized carbons (Fsp3) is 0.929. The second kappa shape index (κ2) is 6.22. The molecule has 0 spiro atoms. The van der Waals surface area contributed by atoms with E-state index in [9.17, 15) is 13.2 Å². The van der Waals surface area contributed by atoms with Gasteiger partial charge in [0.2, 0.25) is 5.91 Å². The number of rotatable bonds is 6. The van der Waals surface area contributed by atoms with E-state index in [4.69, 9.17) is 0 Å². The Morgan fingerprint density at radius 3 is 2.62 bits per heavy atom. The molecule has 2 heterocycles. The molecule has 1 saturated carbocycles. The van der Waals surface area contributed by atoms with Crippen molar-refractivity contribution < 1.29 is 13.2 Å². The Bertz CT molecular complexity index is 484. The molecule has 3 aliphatic rings. The third-order valence-corrected chi connectivity index (χ3v) is 6.39. The van der Waals surface area contributed by atoms with Crippen LogP contribution in [0.5, 0.6) is 0 Å². The molecule has 6 nitrogen and oxygen atoms in total. The summed E-state index contributed by atoms with van der Waals surface area (Å²) in [6.07, 6.45) is 5.32. The van der Waals surface area contributed by atoms with Crippen LogP contribution in [0.15, 0.2) is 0 Å². The van der Waals surface area contributed by atoms with Crippen LogP contribution in [0.4, 0.5) is 0 Å². The largest absolute Gasteiger partial charge is 0.351 e. The van der Waals surface area contributed by atoms with Crippen molar-refractivity contribution in [2.75, 3.05) is 31.1 Å². The fourth-order valence-electron chi connectivity index (χ4n) is 3.34. The third kappa shape index (κ3) is 4.40. The Morgan fingerprint density at radius 2 is 2.05 bits per heavy atom. The molecule has 3 fully saturated rings. The van der Waals surface area contributed by atoms with Gasteiger partial charge in [0.05, 0.1) is 18.1 Å². The number of nitrogens with one attached hydrogen (secondary N) is 2. The molecule has 0 bridgehead atoms. The van der Waals surface area contributed by atoms with E-state index in [0.717, 1.165) is 13.1 Å². The molecular weight excluding hydrogens is 290 g/mol. The molecule has 2 N–H and O–H groups in total. The van der Waals surface area contributed by atoms with E-state index in [1.54, 1.807) is 0 Å². The molecule has 21 heavy (non-hydrogen) atoms. The van der Waals surface area contributed by atoms with Crippen LogP contribution in [0, 0.1) is 0 Å². The number of carbonyl (C=O) groups is 1. The minimum absolute atomic E-state index is 0.0259. The average molecular weight is 315 g/mol. The summed E-state index contributed by atoms with van der Waals surface area (Å²) in [4.78, 5) is 14.4. The highest BCUT2D eigenvalue weighted by Gasteiger charge is 2.34. The van der Waals surface area contributed by atoms with Gasteiger partial charge in [-0.1, -0.05) is 0 Å². The lowest BCUT2D eigenvalue weighted by atomic mass is 10.2. The quantitative estimate of drug-likeness (QED) is 0.691. The van der Waals surface area contributed by atoms with Gasteiger partial charge in [-0.15, -0.1) is 0 Å². The summed E-state index contributed by atoms with van der Waals surface area (Å²) in [5.74, 6) is 0.282. The van der Waals surface area contributed by atoms with Crippen molar-refractivity contribution >= 4 is 15.7 Å². The summed E-state index contributed by atoms with van der Waals surface area (Å²) in [5, 5.41) is 6.37. The topological polar surface area (TPSA) is 78.5 Å². The lowest BCUT2D eigenvalue weighted by molar-refractivity contribution is -0.123. The predicted molar refractivity (Wildman–Crippen MR) is 80.8 cm³/mol. The standard InChI is InChI=1S/C14H25N3O3S/c18-14(16-12-5-7-21(19,20)10-12)9-17(13-3-4-13)8-11-2-1-6-15-11/h11-13,15H,1-10H2,(H,16,18). The molecule has 1 amide bonds. The van der Waals surface area contributed by atoms with Crippen LogP contribution in [0.25, 0.3) is 0 Å². The zero-order chi connectivity index (χ0) is 14.9. The van der Waals surface area contributed by atoms with E-state index in [-0.39, 0.29) is 23.5 Å². The molecule has 7 heteroatoms. The second-order valence-corrected chi connectivity index (χ2v) is 8.85. The van der Waals surface area contributed by atoms with Crippen LogP contribution in [0.1, 0.15) is 32.1 Å². The first kappa shape index (κ1) is 15.2. The predicted octanol–water partition coefficient (Wildman–Crippen LogP) is -0.494. The first-order valence-corrected chi connectivity index (χ1v) is 9.81. The molecule has 2 aliphatic heterocycles. The summed E-state index contributed by atoms with van der Waals surface area (Å²) in [6, 6.07) is 0.865. The van der Waals surface area contributed by atoms with Crippen molar-refractivity contribution in [2.45, 2.75) is 50.2 Å². The van der Waals surface area contributed by atoms with Crippen LogP contribution in [0.2, 0.25) is 0 Å². The van der Waals surface area contributed by atoms with Crippen LogP contribution >= 0.6 is 0 Å².